The Morgan fingerprint density at radius 2 is 0.828 bits per heavy atom. The average molecular weight is 793 g/mol. The summed E-state index contributed by atoms with van der Waals surface area (Å²) in [6, 6.07) is 21.3. The molecule has 0 radical (unpaired) electrons. The van der Waals surface area contributed by atoms with Gasteiger partial charge in [-0.25, -0.2) is 9.59 Å². The minimum atomic E-state index is -0.231. The van der Waals surface area contributed by atoms with Crippen LogP contribution in [0.2, 0.25) is 0 Å². The van der Waals surface area contributed by atoms with Gasteiger partial charge in [-0.2, -0.15) is 0 Å². The Labute approximate surface area is 350 Å². The van der Waals surface area contributed by atoms with Crippen molar-refractivity contribution in [2.75, 3.05) is 13.1 Å². The molecule has 2 saturated carbocycles. The van der Waals surface area contributed by atoms with Crippen LogP contribution in [0, 0.1) is 11.8 Å². The lowest BCUT2D eigenvalue weighted by atomic mass is 9.83. The van der Waals surface area contributed by atoms with E-state index in [1.54, 1.807) is 22.3 Å². The number of unbranched alkanes of at least 4 members (excludes halogenated alkanes) is 5. The lowest BCUT2D eigenvalue weighted by molar-refractivity contribution is 0.111. The number of hydrogen-bond acceptors (Lipinski definition) is 4. The molecule has 2 unspecified atom stereocenters. The van der Waals surface area contributed by atoms with E-state index in [1.165, 1.54) is 103 Å². The molecule has 8 heteroatoms. The number of nitrogens with zero attached hydrogens (tertiary/aromatic N) is 4. The molecule has 0 spiro atoms. The molecule has 8 nitrogen and oxygen atoms in total. The summed E-state index contributed by atoms with van der Waals surface area (Å²) in [5.74, 6) is 1.52. The summed E-state index contributed by atoms with van der Waals surface area (Å²) < 4.78 is 0. The number of urea groups is 2. The monoisotopic (exact) mass is 793 g/mol. The van der Waals surface area contributed by atoms with Crippen molar-refractivity contribution in [1.29, 1.82) is 0 Å². The molecular formula is C50H76N6O2. The average Bonchev–Trinajstić information content (AvgIpc) is 3.99. The standard InChI is InChI=1S/C50H76N6O2/c1-35(55(49(51)57)39-23-19-37(20-24-39)31-33-53-45-27-28-46(53)42-16-10-9-15-41(42)45)13-7-5-3-4-6-8-14-36(2)56(50(52)58)40-25-21-38(22-26-40)32-34-54-47-29-30-48(54)44-18-12-11-17-43(44)47/h9-12,15-18,35-40,45-48H,3-8,13-14,19-34H2,1-2H3,(H2,51,57)(H2,52,58)/t35?,36?,37?,38?,39?,40?,45-,46+,47-,48+. The number of nitrogens with two attached hydrogens (primary N) is 2. The molecule has 4 fully saturated rings. The van der Waals surface area contributed by atoms with E-state index in [2.05, 4.69) is 72.2 Å². The van der Waals surface area contributed by atoms with Crippen LogP contribution in [-0.2, 0) is 0 Å². The predicted molar refractivity (Wildman–Crippen MR) is 235 cm³/mol. The molecule has 2 aromatic carbocycles. The number of primary amides is 2. The van der Waals surface area contributed by atoms with E-state index >= 15 is 0 Å². The van der Waals surface area contributed by atoms with Crippen molar-refractivity contribution in [1.82, 2.24) is 19.6 Å². The van der Waals surface area contributed by atoms with Gasteiger partial charge in [0.05, 0.1) is 0 Å². The molecule has 318 valence electrons. The Bertz CT molecular complexity index is 1480. The van der Waals surface area contributed by atoms with Gasteiger partial charge in [0.25, 0.3) is 0 Å². The van der Waals surface area contributed by atoms with Crippen LogP contribution in [0.15, 0.2) is 48.5 Å². The normalized spacial score (nSPS) is 29.9. The first kappa shape index (κ1) is 41.6. The van der Waals surface area contributed by atoms with Gasteiger partial charge in [0.2, 0.25) is 0 Å². The largest absolute Gasteiger partial charge is 0.351 e. The Morgan fingerprint density at radius 1 is 0.517 bits per heavy atom. The molecule has 2 saturated heterocycles. The molecule has 6 aliphatic rings. The molecule has 8 rings (SSSR count). The highest BCUT2D eigenvalue weighted by Crippen LogP contribution is 2.54. The van der Waals surface area contributed by atoms with Crippen molar-refractivity contribution in [2.24, 2.45) is 23.3 Å². The summed E-state index contributed by atoms with van der Waals surface area (Å²) in [4.78, 5) is 35.1. The first-order chi connectivity index (χ1) is 28.3. The molecule has 6 atom stereocenters. The number of amides is 4. The van der Waals surface area contributed by atoms with Crippen LogP contribution in [0.5, 0.6) is 0 Å². The Balaban J connectivity index is 0.672. The summed E-state index contributed by atoms with van der Waals surface area (Å²) >= 11 is 0. The van der Waals surface area contributed by atoms with E-state index in [9.17, 15) is 9.59 Å². The van der Waals surface area contributed by atoms with Crippen molar-refractivity contribution in [2.45, 2.75) is 203 Å². The van der Waals surface area contributed by atoms with Crippen LogP contribution >= 0.6 is 0 Å². The molecule has 4 amide bonds. The molecule has 2 aromatic rings. The summed E-state index contributed by atoms with van der Waals surface area (Å²) in [6.07, 6.45) is 26.2. The van der Waals surface area contributed by atoms with Crippen molar-refractivity contribution in [3.63, 3.8) is 0 Å². The molecule has 58 heavy (non-hydrogen) atoms. The Morgan fingerprint density at radius 3 is 1.14 bits per heavy atom. The second kappa shape index (κ2) is 19.1. The van der Waals surface area contributed by atoms with Crippen LogP contribution in [-0.4, -0.2) is 68.9 Å². The van der Waals surface area contributed by atoms with Gasteiger partial charge in [-0.1, -0.05) is 87.1 Å². The maximum atomic E-state index is 12.7. The van der Waals surface area contributed by atoms with Gasteiger partial charge in [0.1, 0.15) is 0 Å². The van der Waals surface area contributed by atoms with Gasteiger partial charge in [-0.3, -0.25) is 9.80 Å². The fourth-order valence-corrected chi connectivity index (χ4v) is 13.4. The predicted octanol–water partition coefficient (Wildman–Crippen LogP) is 11.3. The van der Waals surface area contributed by atoms with Crippen LogP contribution in [0.1, 0.15) is 202 Å². The summed E-state index contributed by atoms with van der Waals surface area (Å²) in [6.45, 7) is 6.84. The highest BCUT2D eigenvalue weighted by molar-refractivity contribution is 5.73. The van der Waals surface area contributed by atoms with Crippen LogP contribution in [0.4, 0.5) is 9.59 Å². The second-order valence-corrected chi connectivity index (χ2v) is 19.8. The third-order valence-electron chi connectivity index (χ3n) is 16.4. The van der Waals surface area contributed by atoms with Gasteiger partial charge < -0.3 is 21.3 Å². The number of benzene rings is 2. The Hall–Kier alpha value is -3.10. The first-order valence-corrected chi connectivity index (χ1v) is 24.1. The number of carbonyl (C=O) groups is 2. The van der Waals surface area contributed by atoms with E-state index in [0.717, 1.165) is 63.2 Å². The highest BCUT2D eigenvalue weighted by Gasteiger charge is 2.45. The number of carbonyl (C=O) groups excluding carboxylic acids is 2. The zero-order chi connectivity index (χ0) is 40.2. The molecule has 4 bridgehead atoms. The number of hydrogen-bond donors (Lipinski definition) is 2. The van der Waals surface area contributed by atoms with E-state index < -0.39 is 0 Å². The smallest absolute Gasteiger partial charge is 0.315 e. The summed E-state index contributed by atoms with van der Waals surface area (Å²) in [5, 5.41) is 0. The van der Waals surface area contributed by atoms with Crippen LogP contribution < -0.4 is 11.5 Å². The van der Waals surface area contributed by atoms with Crippen molar-refractivity contribution in [3.05, 3.63) is 70.8 Å². The maximum Gasteiger partial charge on any atom is 0.315 e. The van der Waals surface area contributed by atoms with E-state index in [-0.39, 0.29) is 24.1 Å². The van der Waals surface area contributed by atoms with E-state index in [1.807, 2.05) is 9.80 Å². The minimum Gasteiger partial charge on any atom is -0.351 e. The zero-order valence-electron chi connectivity index (χ0n) is 36.1. The minimum absolute atomic E-state index is 0.200. The SMILES string of the molecule is CC(CCCCCCCCC(C)N(C(N)=O)C1CCC(CCN2[C@@H]3CC[C@H]2c2ccccc23)CC1)N(C(N)=O)C1CCC(CCN2[C@@H]3CC[C@H]2c2ccccc23)CC1. The maximum absolute atomic E-state index is 12.7. The topological polar surface area (TPSA) is 99.1 Å². The van der Waals surface area contributed by atoms with Crippen molar-refractivity contribution < 1.29 is 9.59 Å². The van der Waals surface area contributed by atoms with Gasteiger partial charge >= 0.3 is 12.1 Å². The summed E-state index contributed by atoms with van der Waals surface area (Å²) in [7, 11) is 0. The highest BCUT2D eigenvalue weighted by atomic mass is 16.2. The molecule has 0 aromatic heterocycles. The lowest BCUT2D eigenvalue weighted by Gasteiger charge is -2.40. The van der Waals surface area contributed by atoms with Crippen molar-refractivity contribution in [3.8, 4) is 0 Å². The van der Waals surface area contributed by atoms with E-state index in [0.29, 0.717) is 36.3 Å². The third kappa shape index (κ3) is 8.99. The second-order valence-electron chi connectivity index (χ2n) is 19.8. The first-order valence-electron chi connectivity index (χ1n) is 24.1. The third-order valence-corrected chi connectivity index (χ3v) is 16.4. The van der Waals surface area contributed by atoms with E-state index in [4.69, 9.17) is 11.5 Å². The number of rotatable bonds is 19. The molecule has 4 aliphatic heterocycles. The fraction of sp³-hybridized carbons (Fsp3) is 0.720. The van der Waals surface area contributed by atoms with Gasteiger partial charge in [-0.05, 0) is 164 Å². The molecule has 4 N–H and O–H groups in total. The molecule has 4 heterocycles. The van der Waals surface area contributed by atoms with Crippen LogP contribution in [0.3, 0.4) is 0 Å². The van der Waals surface area contributed by atoms with Gasteiger partial charge in [-0.15, -0.1) is 0 Å². The number of fused-ring (bicyclic) bond motifs is 10. The van der Waals surface area contributed by atoms with Gasteiger partial charge in [0.15, 0.2) is 0 Å². The van der Waals surface area contributed by atoms with Crippen LogP contribution in [0.25, 0.3) is 0 Å². The zero-order valence-corrected chi connectivity index (χ0v) is 36.1. The van der Waals surface area contributed by atoms with Gasteiger partial charge in [0, 0.05) is 48.3 Å². The molecular weight excluding hydrogens is 717 g/mol. The molecule has 2 aliphatic carbocycles. The quantitative estimate of drug-likeness (QED) is 0.138. The Kier molecular flexibility index (Phi) is 13.7. The fourth-order valence-electron chi connectivity index (χ4n) is 13.4. The summed E-state index contributed by atoms with van der Waals surface area (Å²) in [5.41, 5.74) is 18.4. The van der Waals surface area contributed by atoms with Crippen molar-refractivity contribution >= 4 is 12.1 Å². The lowest BCUT2D eigenvalue weighted by Crippen LogP contribution is -2.50.